The zero-order chi connectivity index (χ0) is 13.4. The second-order valence-electron chi connectivity index (χ2n) is 4.18. The molecule has 3 rings (SSSR count). The maximum absolute atomic E-state index is 9.48. The summed E-state index contributed by atoms with van der Waals surface area (Å²) in [4.78, 5) is 6.55. The molecule has 3 nitrogen and oxygen atoms in total. The Kier molecular flexibility index (Phi) is 3.05. The van der Waals surface area contributed by atoms with Gasteiger partial charge in [-0.05, 0) is 42.5 Å². The molecule has 0 bridgehead atoms. The van der Waals surface area contributed by atoms with Crippen molar-refractivity contribution in [2.75, 3.05) is 11.9 Å². The van der Waals surface area contributed by atoms with E-state index in [9.17, 15) is 5.11 Å². The Hall–Kier alpha value is -1.78. The molecule has 0 aliphatic heterocycles. The molecule has 96 valence electrons. The van der Waals surface area contributed by atoms with E-state index < -0.39 is 0 Å². The predicted molar refractivity (Wildman–Crippen MR) is 80.8 cm³/mol. The van der Waals surface area contributed by atoms with Gasteiger partial charge < -0.3 is 10.0 Å². The number of anilines is 2. The first kappa shape index (κ1) is 12.3. The monoisotopic (exact) mass is 290 g/mol. The zero-order valence-electron chi connectivity index (χ0n) is 10.2. The van der Waals surface area contributed by atoms with E-state index in [4.69, 9.17) is 11.6 Å². The van der Waals surface area contributed by atoms with Crippen molar-refractivity contribution in [3.63, 3.8) is 0 Å². The molecular formula is C14H11ClN2OS. The van der Waals surface area contributed by atoms with E-state index in [1.807, 2.05) is 42.3 Å². The lowest BCUT2D eigenvalue weighted by Crippen LogP contribution is -2.08. The van der Waals surface area contributed by atoms with Crippen LogP contribution in [-0.2, 0) is 0 Å². The Labute approximate surface area is 119 Å². The molecule has 0 aliphatic rings. The Morgan fingerprint density at radius 3 is 2.63 bits per heavy atom. The number of fused-ring (bicyclic) bond motifs is 1. The molecule has 0 atom stereocenters. The lowest BCUT2D eigenvalue weighted by atomic mass is 10.3. The third-order valence-corrected chi connectivity index (χ3v) is 4.21. The number of phenols is 1. The van der Waals surface area contributed by atoms with Crippen molar-refractivity contribution in [3.8, 4) is 5.75 Å². The van der Waals surface area contributed by atoms with Crippen molar-refractivity contribution in [2.24, 2.45) is 0 Å². The minimum atomic E-state index is 0.261. The summed E-state index contributed by atoms with van der Waals surface area (Å²) in [6.45, 7) is 0. The van der Waals surface area contributed by atoms with Crippen molar-refractivity contribution in [3.05, 3.63) is 47.5 Å². The summed E-state index contributed by atoms with van der Waals surface area (Å²) in [5.74, 6) is 0.261. The number of halogens is 1. The van der Waals surface area contributed by atoms with Crippen LogP contribution in [-0.4, -0.2) is 17.1 Å². The van der Waals surface area contributed by atoms with E-state index in [2.05, 4.69) is 4.98 Å². The fourth-order valence-corrected chi connectivity index (χ4v) is 2.93. The van der Waals surface area contributed by atoms with Gasteiger partial charge in [-0.1, -0.05) is 22.9 Å². The highest BCUT2D eigenvalue weighted by Crippen LogP contribution is 2.33. The summed E-state index contributed by atoms with van der Waals surface area (Å²) in [6, 6.07) is 12.8. The summed E-state index contributed by atoms with van der Waals surface area (Å²) >= 11 is 7.43. The SMILES string of the molecule is CN(c1ccc(Cl)cc1)c1nc2ccc(O)cc2s1. The van der Waals surface area contributed by atoms with E-state index in [0.717, 1.165) is 21.0 Å². The molecule has 0 saturated heterocycles. The highest BCUT2D eigenvalue weighted by molar-refractivity contribution is 7.22. The third-order valence-electron chi connectivity index (χ3n) is 2.86. The molecule has 0 radical (unpaired) electrons. The maximum atomic E-state index is 9.48. The second-order valence-corrected chi connectivity index (χ2v) is 5.63. The highest BCUT2D eigenvalue weighted by Gasteiger charge is 2.10. The molecule has 3 aromatic rings. The topological polar surface area (TPSA) is 36.4 Å². The average molecular weight is 291 g/mol. The molecule has 0 spiro atoms. The van der Waals surface area contributed by atoms with Gasteiger partial charge >= 0.3 is 0 Å². The van der Waals surface area contributed by atoms with Gasteiger partial charge in [0.15, 0.2) is 5.13 Å². The number of rotatable bonds is 2. The van der Waals surface area contributed by atoms with Crippen LogP contribution >= 0.6 is 22.9 Å². The van der Waals surface area contributed by atoms with Gasteiger partial charge in [0.05, 0.1) is 10.2 Å². The molecule has 1 aromatic heterocycles. The lowest BCUT2D eigenvalue weighted by Gasteiger charge is -2.15. The van der Waals surface area contributed by atoms with Gasteiger partial charge in [-0.3, -0.25) is 0 Å². The summed E-state index contributed by atoms with van der Waals surface area (Å²) < 4.78 is 0.968. The van der Waals surface area contributed by atoms with E-state index in [0.29, 0.717) is 5.02 Å². The van der Waals surface area contributed by atoms with E-state index in [1.54, 1.807) is 23.5 Å². The highest BCUT2D eigenvalue weighted by atomic mass is 35.5. The standard InChI is InChI=1S/C14H11ClN2OS/c1-17(10-4-2-9(15)3-5-10)14-16-12-7-6-11(18)8-13(12)19-14/h2-8,18H,1H3. The number of hydrogen-bond donors (Lipinski definition) is 1. The van der Waals surface area contributed by atoms with Gasteiger partial charge in [-0.2, -0.15) is 0 Å². The van der Waals surface area contributed by atoms with Crippen LogP contribution in [0.5, 0.6) is 5.75 Å². The number of thiazole rings is 1. The van der Waals surface area contributed by atoms with Gasteiger partial charge in [0, 0.05) is 17.8 Å². The van der Waals surface area contributed by atoms with Crippen LogP contribution < -0.4 is 4.90 Å². The molecule has 0 unspecified atom stereocenters. The van der Waals surface area contributed by atoms with Crippen LogP contribution in [0.1, 0.15) is 0 Å². The quantitative estimate of drug-likeness (QED) is 0.759. The first-order valence-corrected chi connectivity index (χ1v) is 6.92. The number of hydrogen-bond acceptors (Lipinski definition) is 4. The van der Waals surface area contributed by atoms with Crippen molar-refractivity contribution in [2.45, 2.75) is 0 Å². The van der Waals surface area contributed by atoms with Crippen LogP contribution in [0.2, 0.25) is 5.02 Å². The largest absolute Gasteiger partial charge is 0.508 e. The summed E-state index contributed by atoms with van der Waals surface area (Å²) in [5.41, 5.74) is 1.91. The molecule has 0 saturated carbocycles. The fraction of sp³-hybridized carbons (Fsp3) is 0.0714. The average Bonchev–Trinajstić information content (AvgIpc) is 2.81. The fourth-order valence-electron chi connectivity index (χ4n) is 1.82. The van der Waals surface area contributed by atoms with Gasteiger partial charge in [-0.15, -0.1) is 0 Å². The predicted octanol–water partition coefficient (Wildman–Crippen LogP) is 4.42. The summed E-state index contributed by atoms with van der Waals surface area (Å²) in [7, 11) is 1.96. The van der Waals surface area contributed by atoms with E-state index in [-0.39, 0.29) is 5.75 Å². The Morgan fingerprint density at radius 2 is 1.89 bits per heavy atom. The van der Waals surface area contributed by atoms with Gasteiger partial charge in [0.1, 0.15) is 5.75 Å². The van der Waals surface area contributed by atoms with Crippen molar-refractivity contribution >= 4 is 44.0 Å². The Morgan fingerprint density at radius 1 is 1.16 bits per heavy atom. The normalized spacial score (nSPS) is 10.8. The molecule has 0 amide bonds. The maximum Gasteiger partial charge on any atom is 0.190 e. The molecular weight excluding hydrogens is 280 g/mol. The van der Waals surface area contributed by atoms with E-state index >= 15 is 0 Å². The smallest absolute Gasteiger partial charge is 0.190 e. The van der Waals surface area contributed by atoms with Crippen molar-refractivity contribution in [1.29, 1.82) is 0 Å². The minimum Gasteiger partial charge on any atom is -0.508 e. The van der Waals surface area contributed by atoms with Gasteiger partial charge in [-0.25, -0.2) is 4.98 Å². The molecule has 0 aliphatic carbocycles. The first-order chi connectivity index (χ1) is 9.13. The van der Waals surface area contributed by atoms with Gasteiger partial charge in [0.25, 0.3) is 0 Å². The van der Waals surface area contributed by atoms with Gasteiger partial charge in [0.2, 0.25) is 0 Å². The number of phenolic OH excluding ortho intramolecular Hbond substituents is 1. The number of aromatic nitrogens is 1. The molecule has 5 heteroatoms. The molecule has 19 heavy (non-hydrogen) atoms. The van der Waals surface area contributed by atoms with Crippen molar-refractivity contribution in [1.82, 2.24) is 4.98 Å². The molecule has 1 heterocycles. The number of aromatic hydroxyl groups is 1. The minimum absolute atomic E-state index is 0.261. The lowest BCUT2D eigenvalue weighted by molar-refractivity contribution is 0.476. The second kappa shape index (κ2) is 4.72. The van der Waals surface area contributed by atoms with Crippen LogP contribution in [0.25, 0.3) is 10.2 Å². The number of benzene rings is 2. The Balaban J connectivity index is 2.01. The molecule has 1 N–H and O–H groups in total. The van der Waals surface area contributed by atoms with Crippen LogP contribution in [0.4, 0.5) is 10.8 Å². The first-order valence-electron chi connectivity index (χ1n) is 5.72. The van der Waals surface area contributed by atoms with Crippen LogP contribution in [0.3, 0.4) is 0 Å². The van der Waals surface area contributed by atoms with Crippen LogP contribution in [0.15, 0.2) is 42.5 Å². The third kappa shape index (κ3) is 2.37. The summed E-state index contributed by atoms with van der Waals surface area (Å²) in [6.07, 6.45) is 0. The summed E-state index contributed by atoms with van der Waals surface area (Å²) in [5, 5.41) is 11.1. The Bertz CT molecular complexity index is 724. The molecule has 0 fully saturated rings. The number of nitrogens with zero attached hydrogens (tertiary/aromatic N) is 2. The van der Waals surface area contributed by atoms with Crippen molar-refractivity contribution < 1.29 is 5.11 Å². The van der Waals surface area contributed by atoms with E-state index in [1.165, 1.54) is 0 Å². The molecule has 2 aromatic carbocycles. The zero-order valence-corrected chi connectivity index (χ0v) is 11.7. The van der Waals surface area contributed by atoms with Crippen LogP contribution in [0, 0.1) is 0 Å².